The number of fused-ring (bicyclic) bond motifs is 1. The molecule has 1 aliphatic rings. The summed E-state index contributed by atoms with van der Waals surface area (Å²) in [6.45, 7) is 1.66. The Morgan fingerprint density at radius 1 is 1.24 bits per heavy atom. The van der Waals surface area contributed by atoms with E-state index in [0.29, 0.717) is 17.0 Å². The van der Waals surface area contributed by atoms with Crippen LogP contribution in [-0.2, 0) is 16.0 Å². The number of nitrogens with zero attached hydrogens (tertiary/aromatic N) is 1. The van der Waals surface area contributed by atoms with E-state index in [1.165, 1.54) is 11.0 Å². The first-order valence-corrected chi connectivity index (χ1v) is 7.68. The largest absolute Gasteiger partial charge is 0.479 e. The molecule has 1 atom stereocenters. The Bertz CT molecular complexity index is 834. The van der Waals surface area contributed by atoms with Crippen LogP contribution < -0.4 is 15.0 Å². The van der Waals surface area contributed by atoms with Crippen LogP contribution in [0.15, 0.2) is 36.4 Å². The predicted molar refractivity (Wildman–Crippen MR) is 88.6 cm³/mol. The number of nitrogens with one attached hydrogen (secondary N) is 1. The minimum Gasteiger partial charge on any atom is -0.479 e. The number of hydrogen-bond donors (Lipinski definition) is 1. The van der Waals surface area contributed by atoms with Crippen molar-refractivity contribution < 1.29 is 23.1 Å². The molecule has 5 nitrogen and oxygen atoms in total. The molecule has 0 saturated carbocycles. The molecule has 0 spiro atoms. The average Bonchev–Trinajstić information content (AvgIpc) is 2.57. The van der Waals surface area contributed by atoms with Gasteiger partial charge in [0.25, 0.3) is 5.91 Å². The number of benzene rings is 2. The van der Waals surface area contributed by atoms with Crippen LogP contribution in [0.2, 0.25) is 0 Å². The van der Waals surface area contributed by atoms with E-state index in [1.807, 2.05) is 0 Å². The lowest BCUT2D eigenvalue weighted by atomic mass is 10.1. The van der Waals surface area contributed by atoms with Gasteiger partial charge in [-0.3, -0.25) is 9.59 Å². The normalized spacial score (nSPS) is 16.2. The fourth-order valence-electron chi connectivity index (χ4n) is 2.65. The summed E-state index contributed by atoms with van der Waals surface area (Å²) in [4.78, 5) is 25.5. The van der Waals surface area contributed by atoms with Crippen molar-refractivity contribution in [3.8, 4) is 5.75 Å². The number of amides is 2. The average molecular weight is 346 g/mol. The van der Waals surface area contributed by atoms with Crippen LogP contribution in [0.4, 0.5) is 20.2 Å². The molecule has 7 heteroatoms. The van der Waals surface area contributed by atoms with Crippen molar-refractivity contribution >= 4 is 23.2 Å². The molecule has 0 radical (unpaired) electrons. The van der Waals surface area contributed by atoms with Crippen molar-refractivity contribution in [1.82, 2.24) is 0 Å². The molecule has 25 heavy (non-hydrogen) atoms. The molecule has 2 aromatic carbocycles. The molecule has 2 aromatic rings. The van der Waals surface area contributed by atoms with Crippen LogP contribution in [-0.4, -0.2) is 25.0 Å². The monoisotopic (exact) mass is 346 g/mol. The van der Waals surface area contributed by atoms with Gasteiger partial charge in [0.05, 0.1) is 12.1 Å². The third-order valence-electron chi connectivity index (χ3n) is 3.96. The predicted octanol–water partition coefficient (Wildman–Crippen LogP) is 2.89. The van der Waals surface area contributed by atoms with E-state index >= 15 is 0 Å². The van der Waals surface area contributed by atoms with Crippen LogP contribution in [0, 0.1) is 11.6 Å². The Labute approximate surface area is 143 Å². The Kier molecular flexibility index (Phi) is 4.39. The Balaban J connectivity index is 1.78. The molecule has 2 amide bonds. The second-order valence-corrected chi connectivity index (χ2v) is 5.78. The van der Waals surface area contributed by atoms with E-state index in [0.717, 1.165) is 12.1 Å². The van der Waals surface area contributed by atoms with E-state index in [-0.39, 0.29) is 12.3 Å². The van der Waals surface area contributed by atoms with E-state index < -0.39 is 29.3 Å². The van der Waals surface area contributed by atoms with Gasteiger partial charge in [0.1, 0.15) is 23.1 Å². The summed E-state index contributed by atoms with van der Waals surface area (Å²) in [5.74, 6) is -1.90. The van der Waals surface area contributed by atoms with Crippen LogP contribution in [0.5, 0.6) is 5.75 Å². The lowest BCUT2D eigenvalue weighted by Gasteiger charge is -2.30. The van der Waals surface area contributed by atoms with Gasteiger partial charge in [-0.2, -0.15) is 0 Å². The molecule has 1 heterocycles. The topological polar surface area (TPSA) is 58.6 Å². The quantitative estimate of drug-likeness (QED) is 0.930. The summed E-state index contributed by atoms with van der Waals surface area (Å²) in [5.41, 5.74) is 0.659. The van der Waals surface area contributed by atoms with Crippen LogP contribution in [0.1, 0.15) is 12.5 Å². The molecule has 1 aliphatic heterocycles. The molecule has 130 valence electrons. The molecule has 0 saturated heterocycles. The highest BCUT2D eigenvalue weighted by Gasteiger charge is 2.29. The first-order chi connectivity index (χ1) is 11.9. The molecule has 1 unspecified atom stereocenters. The van der Waals surface area contributed by atoms with E-state index in [9.17, 15) is 18.4 Å². The number of para-hydroxylation sites is 1. The highest BCUT2D eigenvalue weighted by atomic mass is 19.1. The van der Waals surface area contributed by atoms with Crippen molar-refractivity contribution in [2.45, 2.75) is 19.4 Å². The Morgan fingerprint density at radius 2 is 1.92 bits per heavy atom. The Morgan fingerprint density at radius 3 is 2.60 bits per heavy atom. The van der Waals surface area contributed by atoms with Gasteiger partial charge in [-0.05, 0) is 36.8 Å². The second-order valence-electron chi connectivity index (χ2n) is 5.78. The standard InChI is InChI=1S/C18H16F2N2O3/c1-10-18(24)22(2)14-8-11(6-7-15(14)25-10)9-16(23)21-17-12(19)4-3-5-13(17)20/h3-8,10H,9H2,1-2H3,(H,21,23). The molecule has 3 rings (SSSR count). The van der Waals surface area contributed by atoms with E-state index in [4.69, 9.17) is 4.74 Å². The number of carbonyl (C=O) groups excluding carboxylic acids is 2. The van der Waals surface area contributed by atoms with Gasteiger partial charge in [0.2, 0.25) is 5.91 Å². The summed E-state index contributed by atoms with van der Waals surface area (Å²) < 4.78 is 32.7. The smallest absolute Gasteiger partial charge is 0.267 e. The fourth-order valence-corrected chi connectivity index (χ4v) is 2.65. The molecule has 1 N–H and O–H groups in total. The van der Waals surface area contributed by atoms with Gasteiger partial charge in [-0.25, -0.2) is 8.78 Å². The van der Waals surface area contributed by atoms with Crippen LogP contribution >= 0.6 is 0 Å². The number of anilines is 2. The maximum atomic E-state index is 13.6. The molecule has 0 bridgehead atoms. The first-order valence-electron chi connectivity index (χ1n) is 7.68. The minimum absolute atomic E-state index is 0.0986. The van der Waals surface area contributed by atoms with Gasteiger partial charge in [-0.1, -0.05) is 12.1 Å². The van der Waals surface area contributed by atoms with Crippen molar-refractivity contribution in [3.05, 3.63) is 53.6 Å². The number of likely N-dealkylation sites (N-methyl/N-ethyl adjacent to an activating group) is 1. The number of halogens is 2. The summed E-state index contributed by atoms with van der Waals surface area (Å²) in [5, 5.41) is 2.23. The number of ether oxygens (including phenoxy) is 1. The molecule has 0 aliphatic carbocycles. The molecular weight excluding hydrogens is 330 g/mol. The zero-order valence-corrected chi connectivity index (χ0v) is 13.7. The van der Waals surface area contributed by atoms with Crippen molar-refractivity contribution in [2.24, 2.45) is 0 Å². The van der Waals surface area contributed by atoms with E-state index in [2.05, 4.69) is 5.32 Å². The summed E-state index contributed by atoms with van der Waals surface area (Å²) in [6.07, 6.45) is -0.672. The highest BCUT2D eigenvalue weighted by molar-refractivity contribution is 5.99. The lowest BCUT2D eigenvalue weighted by molar-refractivity contribution is -0.125. The van der Waals surface area contributed by atoms with Crippen LogP contribution in [0.3, 0.4) is 0 Å². The number of carbonyl (C=O) groups is 2. The Hall–Kier alpha value is -2.96. The zero-order chi connectivity index (χ0) is 18.1. The first kappa shape index (κ1) is 16.9. The zero-order valence-electron chi connectivity index (χ0n) is 13.7. The maximum absolute atomic E-state index is 13.6. The van der Waals surface area contributed by atoms with Crippen molar-refractivity contribution in [2.75, 3.05) is 17.3 Å². The highest BCUT2D eigenvalue weighted by Crippen LogP contribution is 2.34. The fraction of sp³-hybridized carbons (Fsp3) is 0.222. The lowest BCUT2D eigenvalue weighted by Crippen LogP contribution is -2.42. The summed E-state index contributed by atoms with van der Waals surface area (Å²) in [6, 6.07) is 8.34. The van der Waals surface area contributed by atoms with Gasteiger partial charge >= 0.3 is 0 Å². The maximum Gasteiger partial charge on any atom is 0.267 e. The number of rotatable bonds is 3. The molecule has 0 fully saturated rings. The van der Waals surface area contributed by atoms with Gasteiger partial charge in [-0.15, -0.1) is 0 Å². The third-order valence-corrected chi connectivity index (χ3v) is 3.96. The SMILES string of the molecule is CC1Oc2ccc(CC(=O)Nc3c(F)cccc3F)cc2N(C)C1=O. The minimum atomic E-state index is -0.841. The second kappa shape index (κ2) is 6.51. The van der Waals surface area contributed by atoms with E-state index in [1.54, 1.807) is 32.2 Å². The van der Waals surface area contributed by atoms with Gasteiger partial charge in [0, 0.05) is 7.05 Å². The molecule has 0 aromatic heterocycles. The van der Waals surface area contributed by atoms with Gasteiger partial charge in [0.15, 0.2) is 6.10 Å². The molecular formula is C18H16F2N2O3. The van der Waals surface area contributed by atoms with Crippen molar-refractivity contribution in [1.29, 1.82) is 0 Å². The number of hydrogen-bond acceptors (Lipinski definition) is 3. The summed E-state index contributed by atoms with van der Waals surface area (Å²) in [7, 11) is 1.62. The van der Waals surface area contributed by atoms with Crippen molar-refractivity contribution in [3.63, 3.8) is 0 Å². The summed E-state index contributed by atoms with van der Waals surface area (Å²) >= 11 is 0. The van der Waals surface area contributed by atoms with Crippen LogP contribution in [0.25, 0.3) is 0 Å². The third kappa shape index (κ3) is 3.31. The van der Waals surface area contributed by atoms with Gasteiger partial charge < -0.3 is 15.0 Å².